The van der Waals surface area contributed by atoms with Crippen LogP contribution in [-0.4, -0.2) is 17.3 Å². The number of nitrogens with zero attached hydrogens (tertiary/aromatic N) is 1. The van der Waals surface area contributed by atoms with Crippen molar-refractivity contribution in [2.75, 3.05) is 12.8 Å². The molecule has 1 heterocycles. The first kappa shape index (κ1) is 13.0. The largest absolute Gasteiger partial charge is 0.496 e. The third-order valence-electron chi connectivity index (χ3n) is 4.19. The molecule has 0 bridgehead atoms. The fraction of sp³-hybridized carbons (Fsp3) is 0.438. The summed E-state index contributed by atoms with van der Waals surface area (Å²) >= 11 is 0. The normalized spacial score (nSPS) is 16.2. The van der Waals surface area contributed by atoms with Crippen LogP contribution in [-0.2, 0) is 0 Å². The van der Waals surface area contributed by atoms with Crippen LogP contribution in [0, 0.1) is 0 Å². The van der Waals surface area contributed by atoms with Gasteiger partial charge in [0, 0.05) is 11.6 Å². The van der Waals surface area contributed by atoms with Crippen molar-refractivity contribution in [2.45, 2.75) is 38.0 Å². The van der Waals surface area contributed by atoms with Gasteiger partial charge in [-0.15, -0.1) is 0 Å². The molecule has 3 rings (SSSR count). The summed E-state index contributed by atoms with van der Waals surface area (Å²) in [6.45, 7) is 0. The summed E-state index contributed by atoms with van der Waals surface area (Å²) in [5.41, 5.74) is 9.06. The highest BCUT2D eigenvalue weighted by molar-refractivity contribution is 5.70. The molecule has 20 heavy (non-hydrogen) atoms. The van der Waals surface area contributed by atoms with Crippen LogP contribution in [0.5, 0.6) is 5.75 Å². The zero-order chi connectivity index (χ0) is 13.9. The standard InChI is InChI=1S/C16H21N3O/c1-20-15-8-7-12(11-5-3-2-4-6-11)9-13(15)14-10-16(17)19-18-14/h7-11H,2-6H2,1H3,(H3,17,18,19). The second-order valence-corrected chi connectivity index (χ2v) is 5.50. The van der Waals surface area contributed by atoms with Gasteiger partial charge in [0.25, 0.3) is 0 Å². The van der Waals surface area contributed by atoms with E-state index in [9.17, 15) is 0 Å². The molecular formula is C16H21N3O. The Balaban J connectivity index is 1.98. The molecule has 2 aromatic rings. The Kier molecular flexibility index (Phi) is 3.63. The maximum atomic E-state index is 5.71. The highest BCUT2D eigenvalue weighted by atomic mass is 16.5. The monoisotopic (exact) mass is 271 g/mol. The van der Waals surface area contributed by atoms with Crippen molar-refractivity contribution >= 4 is 5.82 Å². The Morgan fingerprint density at radius 2 is 2.00 bits per heavy atom. The zero-order valence-corrected chi connectivity index (χ0v) is 11.9. The van der Waals surface area contributed by atoms with E-state index in [0.717, 1.165) is 17.0 Å². The number of hydrogen-bond donors (Lipinski definition) is 2. The fourth-order valence-corrected chi connectivity index (χ4v) is 3.10. The average Bonchev–Trinajstić information content (AvgIpc) is 2.94. The molecule has 0 atom stereocenters. The van der Waals surface area contributed by atoms with Crippen LogP contribution in [0.15, 0.2) is 24.3 Å². The molecule has 1 saturated carbocycles. The van der Waals surface area contributed by atoms with E-state index in [4.69, 9.17) is 10.5 Å². The van der Waals surface area contributed by atoms with Gasteiger partial charge in [-0.05, 0) is 36.5 Å². The number of methoxy groups -OCH3 is 1. The van der Waals surface area contributed by atoms with Crippen LogP contribution >= 0.6 is 0 Å². The van der Waals surface area contributed by atoms with E-state index >= 15 is 0 Å². The molecule has 0 spiro atoms. The lowest BCUT2D eigenvalue weighted by molar-refractivity contribution is 0.414. The highest BCUT2D eigenvalue weighted by Gasteiger charge is 2.18. The van der Waals surface area contributed by atoms with E-state index < -0.39 is 0 Å². The van der Waals surface area contributed by atoms with Crippen molar-refractivity contribution in [1.82, 2.24) is 10.2 Å². The lowest BCUT2D eigenvalue weighted by Gasteiger charge is -2.23. The molecule has 1 aliphatic rings. The second-order valence-electron chi connectivity index (χ2n) is 5.50. The van der Waals surface area contributed by atoms with Crippen LogP contribution in [0.1, 0.15) is 43.6 Å². The number of nitrogens with two attached hydrogens (primary N) is 1. The van der Waals surface area contributed by atoms with E-state index in [0.29, 0.717) is 11.7 Å². The second kappa shape index (κ2) is 5.57. The third kappa shape index (κ3) is 2.50. The molecule has 1 aromatic carbocycles. The maximum absolute atomic E-state index is 5.71. The summed E-state index contributed by atoms with van der Waals surface area (Å²) in [7, 11) is 1.69. The number of aromatic amines is 1. The molecule has 0 amide bonds. The molecule has 1 aliphatic carbocycles. The SMILES string of the molecule is COc1ccc(C2CCCCC2)cc1-c1cc(N)n[nH]1. The quantitative estimate of drug-likeness (QED) is 0.894. The summed E-state index contributed by atoms with van der Waals surface area (Å²) in [4.78, 5) is 0. The van der Waals surface area contributed by atoms with Gasteiger partial charge < -0.3 is 10.5 Å². The molecule has 0 radical (unpaired) electrons. The molecule has 4 nitrogen and oxygen atoms in total. The summed E-state index contributed by atoms with van der Waals surface area (Å²) in [6.07, 6.45) is 6.62. The molecule has 3 N–H and O–H groups in total. The summed E-state index contributed by atoms with van der Waals surface area (Å²) in [5, 5.41) is 6.98. The van der Waals surface area contributed by atoms with Crippen LogP contribution in [0.4, 0.5) is 5.82 Å². The number of anilines is 1. The van der Waals surface area contributed by atoms with Gasteiger partial charge in [-0.25, -0.2) is 0 Å². The Morgan fingerprint density at radius 3 is 2.65 bits per heavy atom. The topological polar surface area (TPSA) is 63.9 Å². The Bertz CT molecular complexity index is 585. The van der Waals surface area contributed by atoms with Crippen molar-refractivity contribution in [2.24, 2.45) is 0 Å². The average molecular weight is 271 g/mol. The van der Waals surface area contributed by atoms with Crippen LogP contribution in [0.2, 0.25) is 0 Å². The summed E-state index contributed by atoms with van der Waals surface area (Å²) < 4.78 is 5.46. The molecule has 0 saturated heterocycles. The Labute approximate surface area is 119 Å². The number of aromatic nitrogens is 2. The minimum atomic E-state index is 0.505. The van der Waals surface area contributed by atoms with Gasteiger partial charge in [0.2, 0.25) is 0 Å². The van der Waals surface area contributed by atoms with Gasteiger partial charge >= 0.3 is 0 Å². The van der Waals surface area contributed by atoms with Gasteiger partial charge in [-0.3, -0.25) is 5.10 Å². The molecule has 106 valence electrons. The molecule has 0 aliphatic heterocycles. The van der Waals surface area contributed by atoms with Gasteiger partial charge in [0.15, 0.2) is 0 Å². The van der Waals surface area contributed by atoms with Gasteiger partial charge in [0.1, 0.15) is 11.6 Å². The van der Waals surface area contributed by atoms with Crippen molar-refractivity contribution in [3.63, 3.8) is 0 Å². The molecule has 1 fully saturated rings. The minimum Gasteiger partial charge on any atom is -0.496 e. The van der Waals surface area contributed by atoms with Gasteiger partial charge in [-0.2, -0.15) is 5.10 Å². The number of hydrogen-bond acceptors (Lipinski definition) is 3. The van der Waals surface area contributed by atoms with Crippen molar-refractivity contribution in [3.8, 4) is 17.0 Å². The highest BCUT2D eigenvalue weighted by Crippen LogP contribution is 2.37. The maximum Gasteiger partial charge on any atom is 0.145 e. The van der Waals surface area contributed by atoms with E-state index in [1.807, 2.05) is 6.07 Å². The first-order valence-corrected chi connectivity index (χ1v) is 7.27. The first-order chi connectivity index (χ1) is 9.78. The van der Waals surface area contributed by atoms with E-state index in [1.165, 1.54) is 37.7 Å². The predicted molar refractivity (Wildman–Crippen MR) is 80.8 cm³/mol. The van der Waals surface area contributed by atoms with Crippen LogP contribution in [0.25, 0.3) is 11.3 Å². The van der Waals surface area contributed by atoms with Gasteiger partial charge in [0.05, 0.1) is 12.8 Å². The molecular weight excluding hydrogens is 250 g/mol. The Hall–Kier alpha value is -1.97. The molecule has 0 unspecified atom stereocenters. The lowest BCUT2D eigenvalue weighted by Crippen LogP contribution is -2.04. The molecule has 4 heteroatoms. The fourth-order valence-electron chi connectivity index (χ4n) is 3.10. The first-order valence-electron chi connectivity index (χ1n) is 7.27. The number of rotatable bonds is 3. The lowest BCUT2D eigenvalue weighted by atomic mass is 9.83. The van der Waals surface area contributed by atoms with Crippen molar-refractivity contribution in [3.05, 3.63) is 29.8 Å². The van der Waals surface area contributed by atoms with E-state index in [-0.39, 0.29) is 0 Å². The van der Waals surface area contributed by atoms with E-state index in [2.05, 4.69) is 28.4 Å². The number of ether oxygens (including phenoxy) is 1. The summed E-state index contributed by atoms with van der Waals surface area (Å²) in [5.74, 6) is 2.03. The van der Waals surface area contributed by atoms with Gasteiger partial charge in [-0.1, -0.05) is 25.3 Å². The van der Waals surface area contributed by atoms with Crippen LogP contribution in [0.3, 0.4) is 0 Å². The Morgan fingerprint density at radius 1 is 1.20 bits per heavy atom. The van der Waals surface area contributed by atoms with Crippen LogP contribution < -0.4 is 10.5 Å². The van der Waals surface area contributed by atoms with Crippen molar-refractivity contribution < 1.29 is 4.74 Å². The zero-order valence-electron chi connectivity index (χ0n) is 11.9. The summed E-state index contributed by atoms with van der Waals surface area (Å²) in [6, 6.07) is 8.32. The number of nitrogens with one attached hydrogen (secondary N) is 1. The smallest absolute Gasteiger partial charge is 0.145 e. The molecule has 1 aromatic heterocycles. The van der Waals surface area contributed by atoms with E-state index in [1.54, 1.807) is 7.11 Å². The number of H-pyrrole nitrogens is 1. The number of benzene rings is 1. The predicted octanol–water partition coefficient (Wildman–Crippen LogP) is 3.72. The third-order valence-corrected chi connectivity index (χ3v) is 4.19. The minimum absolute atomic E-state index is 0.505. The number of nitrogen functional groups attached to an aromatic ring is 1. The van der Waals surface area contributed by atoms with Crippen molar-refractivity contribution in [1.29, 1.82) is 0 Å².